The average Bonchev–Trinajstić information content (AvgIpc) is 2.53. The predicted octanol–water partition coefficient (Wildman–Crippen LogP) is 1.98. The fourth-order valence-corrected chi connectivity index (χ4v) is 2.26. The van der Waals surface area contributed by atoms with Crippen LogP contribution in [0, 0.1) is 0 Å². The summed E-state index contributed by atoms with van der Waals surface area (Å²) in [5.41, 5.74) is 2.10. The molecule has 2 N–H and O–H groups in total. The molecule has 120 valence electrons. The molecular weight excluding hydrogens is 266 g/mol. The van der Waals surface area contributed by atoms with Gasteiger partial charge in [0.15, 0.2) is 0 Å². The first-order valence-corrected chi connectivity index (χ1v) is 7.80. The summed E-state index contributed by atoms with van der Waals surface area (Å²) in [6.45, 7) is 7.45. The molecule has 1 aromatic rings. The van der Waals surface area contributed by atoms with Gasteiger partial charge in [-0.1, -0.05) is 13.8 Å². The van der Waals surface area contributed by atoms with E-state index in [9.17, 15) is 0 Å². The Bertz CT molecular complexity index is 370. The maximum atomic E-state index is 9.16. The monoisotopic (exact) mass is 295 g/mol. The maximum absolute atomic E-state index is 9.16. The van der Waals surface area contributed by atoms with Crippen molar-refractivity contribution in [3.05, 3.63) is 24.0 Å². The Balaban J connectivity index is 2.73. The Morgan fingerprint density at radius 3 is 2.67 bits per heavy atom. The number of pyridine rings is 1. The Morgan fingerprint density at radius 2 is 2.14 bits per heavy atom. The van der Waals surface area contributed by atoms with Gasteiger partial charge in [-0.05, 0) is 31.5 Å². The van der Waals surface area contributed by atoms with E-state index in [2.05, 4.69) is 41.2 Å². The van der Waals surface area contributed by atoms with E-state index in [1.807, 2.05) is 6.20 Å². The third-order valence-corrected chi connectivity index (χ3v) is 3.48. The van der Waals surface area contributed by atoms with Crippen LogP contribution in [0.15, 0.2) is 18.3 Å². The summed E-state index contributed by atoms with van der Waals surface area (Å²) in [5, 5.41) is 12.7. The molecule has 1 rings (SSSR count). The second-order valence-electron chi connectivity index (χ2n) is 5.06. The molecule has 1 atom stereocenters. The van der Waals surface area contributed by atoms with E-state index in [0.717, 1.165) is 37.3 Å². The van der Waals surface area contributed by atoms with Crippen LogP contribution in [0.5, 0.6) is 0 Å². The summed E-state index contributed by atoms with van der Waals surface area (Å²) < 4.78 is 5.11. The summed E-state index contributed by atoms with van der Waals surface area (Å²) in [7, 11) is 1.68. The fraction of sp³-hybridized carbons (Fsp3) is 0.688. The second-order valence-corrected chi connectivity index (χ2v) is 5.06. The number of methoxy groups -OCH3 is 1. The number of ether oxygens (including phenoxy) is 1. The van der Waals surface area contributed by atoms with Crippen LogP contribution in [-0.2, 0) is 4.74 Å². The lowest BCUT2D eigenvalue weighted by molar-refractivity contribution is 0.203. The van der Waals surface area contributed by atoms with Crippen molar-refractivity contribution < 1.29 is 9.84 Å². The van der Waals surface area contributed by atoms with Crippen LogP contribution in [0.25, 0.3) is 0 Å². The van der Waals surface area contributed by atoms with Gasteiger partial charge in [-0.3, -0.25) is 4.98 Å². The zero-order valence-corrected chi connectivity index (χ0v) is 13.5. The lowest BCUT2D eigenvalue weighted by Gasteiger charge is -2.24. The van der Waals surface area contributed by atoms with Crippen LogP contribution in [-0.4, -0.2) is 50.0 Å². The highest BCUT2D eigenvalue weighted by molar-refractivity contribution is 5.44. The van der Waals surface area contributed by atoms with Gasteiger partial charge in [-0.2, -0.15) is 0 Å². The SMILES string of the molecule is CCCNC(CC)c1ccc(N(CCO)CCOC)cn1. The molecule has 0 saturated carbocycles. The van der Waals surface area contributed by atoms with Crippen LogP contribution in [0.1, 0.15) is 38.4 Å². The third-order valence-electron chi connectivity index (χ3n) is 3.48. The number of rotatable bonds is 11. The summed E-state index contributed by atoms with van der Waals surface area (Å²) in [5.74, 6) is 0. The zero-order chi connectivity index (χ0) is 15.5. The quantitative estimate of drug-likeness (QED) is 0.654. The number of nitrogens with one attached hydrogen (secondary N) is 1. The van der Waals surface area contributed by atoms with E-state index < -0.39 is 0 Å². The number of hydrogen-bond donors (Lipinski definition) is 2. The highest BCUT2D eigenvalue weighted by Crippen LogP contribution is 2.18. The fourth-order valence-electron chi connectivity index (χ4n) is 2.26. The van der Waals surface area contributed by atoms with Crippen molar-refractivity contribution in [1.82, 2.24) is 10.3 Å². The Labute approximate surface area is 128 Å². The van der Waals surface area contributed by atoms with Crippen molar-refractivity contribution in [1.29, 1.82) is 0 Å². The van der Waals surface area contributed by atoms with Crippen molar-refractivity contribution >= 4 is 5.69 Å². The zero-order valence-electron chi connectivity index (χ0n) is 13.5. The molecular formula is C16H29N3O2. The molecule has 21 heavy (non-hydrogen) atoms. The van der Waals surface area contributed by atoms with E-state index in [-0.39, 0.29) is 6.61 Å². The van der Waals surface area contributed by atoms with Crippen LogP contribution < -0.4 is 10.2 Å². The minimum Gasteiger partial charge on any atom is -0.395 e. The number of nitrogens with zero attached hydrogens (tertiary/aromatic N) is 2. The van der Waals surface area contributed by atoms with Gasteiger partial charge in [-0.25, -0.2) is 0 Å². The van der Waals surface area contributed by atoms with Crippen molar-refractivity contribution in [2.75, 3.05) is 44.9 Å². The van der Waals surface area contributed by atoms with Crippen LogP contribution in [0.4, 0.5) is 5.69 Å². The number of aliphatic hydroxyl groups excluding tert-OH is 1. The molecule has 1 aromatic heterocycles. The first kappa shape index (κ1) is 17.9. The average molecular weight is 295 g/mol. The summed E-state index contributed by atoms with van der Waals surface area (Å²) in [6.07, 6.45) is 4.03. The molecule has 0 aliphatic rings. The molecule has 5 nitrogen and oxygen atoms in total. The topological polar surface area (TPSA) is 57.6 Å². The molecule has 0 radical (unpaired) electrons. The lowest BCUT2D eigenvalue weighted by atomic mass is 10.1. The molecule has 0 aliphatic carbocycles. The summed E-state index contributed by atoms with van der Waals surface area (Å²) in [4.78, 5) is 6.67. The van der Waals surface area contributed by atoms with Crippen LogP contribution >= 0.6 is 0 Å². The molecule has 5 heteroatoms. The summed E-state index contributed by atoms with van der Waals surface area (Å²) >= 11 is 0. The van der Waals surface area contributed by atoms with Gasteiger partial charge in [0.25, 0.3) is 0 Å². The molecule has 0 fully saturated rings. The molecule has 1 unspecified atom stereocenters. The lowest BCUT2D eigenvalue weighted by Crippen LogP contribution is -2.30. The summed E-state index contributed by atoms with van der Waals surface area (Å²) in [6, 6.07) is 4.46. The van der Waals surface area contributed by atoms with Crippen molar-refractivity contribution in [2.45, 2.75) is 32.7 Å². The van der Waals surface area contributed by atoms with Gasteiger partial charge in [0.05, 0.1) is 30.8 Å². The van der Waals surface area contributed by atoms with Crippen molar-refractivity contribution in [3.63, 3.8) is 0 Å². The molecule has 0 aliphatic heterocycles. The van der Waals surface area contributed by atoms with Gasteiger partial charge >= 0.3 is 0 Å². The first-order chi connectivity index (χ1) is 10.3. The molecule has 0 saturated heterocycles. The highest BCUT2D eigenvalue weighted by atomic mass is 16.5. The van der Waals surface area contributed by atoms with E-state index in [1.165, 1.54) is 0 Å². The number of aliphatic hydroxyl groups is 1. The molecule has 0 amide bonds. The largest absolute Gasteiger partial charge is 0.395 e. The van der Waals surface area contributed by atoms with E-state index in [4.69, 9.17) is 9.84 Å². The Kier molecular flexibility index (Phi) is 8.98. The predicted molar refractivity (Wildman–Crippen MR) is 86.7 cm³/mol. The van der Waals surface area contributed by atoms with Gasteiger partial charge < -0.3 is 20.1 Å². The van der Waals surface area contributed by atoms with E-state index in [0.29, 0.717) is 19.2 Å². The standard InChI is InChI=1S/C16H29N3O2/c1-4-8-17-15(5-2)16-7-6-14(13-18-16)19(9-11-20)10-12-21-3/h6-7,13,15,17,20H,4-5,8-12H2,1-3H3. The van der Waals surface area contributed by atoms with E-state index in [1.54, 1.807) is 7.11 Å². The van der Waals surface area contributed by atoms with E-state index >= 15 is 0 Å². The number of hydrogen-bond acceptors (Lipinski definition) is 5. The van der Waals surface area contributed by atoms with Gasteiger partial charge in [0.2, 0.25) is 0 Å². The van der Waals surface area contributed by atoms with Crippen LogP contribution in [0.3, 0.4) is 0 Å². The molecule has 1 heterocycles. The third kappa shape index (κ3) is 5.99. The number of aromatic nitrogens is 1. The second kappa shape index (κ2) is 10.5. The Hall–Kier alpha value is -1.17. The highest BCUT2D eigenvalue weighted by Gasteiger charge is 2.11. The first-order valence-electron chi connectivity index (χ1n) is 7.80. The molecule has 0 bridgehead atoms. The number of anilines is 1. The van der Waals surface area contributed by atoms with Crippen molar-refractivity contribution in [2.24, 2.45) is 0 Å². The minimum absolute atomic E-state index is 0.126. The Morgan fingerprint density at radius 1 is 1.33 bits per heavy atom. The smallest absolute Gasteiger partial charge is 0.0637 e. The minimum atomic E-state index is 0.126. The molecule has 0 aromatic carbocycles. The molecule has 0 spiro atoms. The maximum Gasteiger partial charge on any atom is 0.0637 e. The van der Waals surface area contributed by atoms with Gasteiger partial charge in [0, 0.05) is 26.2 Å². The van der Waals surface area contributed by atoms with Gasteiger partial charge in [-0.15, -0.1) is 0 Å². The van der Waals surface area contributed by atoms with Crippen molar-refractivity contribution in [3.8, 4) is 0 Å². The van der Waals surface area contributed by atoms with Crippen LogP contribution in [0.2, 0.25) is 0 Å². The van der Waals surface area contributed by atoms with Gasteiger partial charge in [0.1, 0.15) is 0 Å². The normalized spacial score (nSPS) is 12.4.